The zero-order valence-electron chi connectivity index (χ0n) is 22.1. The number of rotatable bonds is 11. The molecular weight excluding hydrogens is 430 g/mol. The van der Waals surface area contributed by atoms with Gasteiger partial charge in [0.1, 0.15) is 0 Å². The molecule has 0 aliphatic carbocycles. The Morgan fingerprint density at radius 3 is 2.26 bits per heavy atom. The van der Waals surface area contributed by atoms with E-state index in [0.717, 1.165) is 54.0 Å². The fraction of sp³-hybridized carbons (Fsp3) is 0.323. The highest BCUT2D eigenvalue weighted by atomic mass is 16.1. The lowest BCUT2D eigenvalue weighted by molar-refractivity contribution is 0.104. The van der Waals surface area contributed by atoms with Crippen molar-refractivity contribution in [1.29, 1.82) is 0 Å². The highest BCUT2D eigenvalue weighted by molar-refractivity contribution is 6.11. The number of hydrogen-bond donors (Lipinski definition) is 0. The van der Waals surface area contributed by atoms with Crippen molar-refractivity contribution >= 4 is 17.5 Å². The van der Waals surface area contributed by atoms with Crippen molar-refractivity contribution in [2.24, 2.45) is 0 Å². The van der Waals surface area contributed by atoms with Gasteiger partial charge in [0.25, 0.3) is 0 Å². The average molecular weight is 470 g/mol. The molecule has 4 nitrogen and oxygen atoms in total. The lowest BCUT2D eigenvalue weighted by Crippen LogP contribution is -2.24. The second-order valence-corrected chi connectivity index (χ2v) is 9.76. The first-order valence-electron chi connectivity index (χ1n) is 12.3. The molecule has 0 aliphatic rings. The van der Waals surface area contributed by atoms with E-state index in [1.807, 2.05) is 30.3 Å². The van der Waals surface area contributed by atoms with Gasteiger partial charge in [-0.25, -0.2) is 0 Å². The van der Waals surface area contributed by atoms with E-state index in [1.165, 1.54) is 11.1 Å². The van der Waals surface area contributed by atoms with E-state index >= 15 is 0 Å². The van der Waals surface area contributed by atoms with E-state index in [-0.39, 0.29) is 5.78 Å². The predicted molar refractivity (Wildman–Crippen MR) is 150 cm³/mol. The van der Waals surface area contributed by atoms with Crippen LogP contribution in [0.2, 0.25) is 0 Å². The third-order valence-corrected chi connectivity index (χ3v) is 6.18. The number of anilines is 1. The molecule has 0 radical (unpaired) electrons. The number of nitrogens with zero attached hydrogens (tertiary/aromatic N) is 3. The SMILES string of the molecule is Cc1ccccc1-c1ccc(N(C)CCCN(C)C)c(C(=O)C=Cc2ccccc2CN(C)C)c1. The van der Waals surface area contributed by atoms with Crippen LogP contribution < -0.4 is 4.90 Å². The maximum absolute atomic E-state index is 13.6. The van der Waals surface area contributed by atoms with E-state index in [9.17, 15) is 4.79 Å². The van der Waals surface area contributed by atoms with E-state index < -0.39 is 0 Å². The number of benzene rings is 3. The maximum Gasteiger partial charge on any atom is 0.187 e. The Morgan fingerprint density at radius 1 is 0.829 bits per heavy atom. The zero-order chi connectivity index (χ0) is 25.4. The molecule has 0 aromatic heterocycles. The molecule has 0 amide bonds. The number of allylic oxidation sites excluding steroid dienone is 1. The summed E-state index contributed by atoms with van der Waals surface area (Å²) in [5.41, 5.74) is 7.41. The molecule has 3 rings (SSSR count). The Kier molecular flexibility index (Phi) is 9.41. The van der Waals surface area contributed by atoms with Gasteiger partial charge in [0.05, 0.1) is 0 Å². The molecule has 3 aromatic carbocycles. The number of aryl methyl sites for hydroxylation is 1. The summed E-state index contributed by atoms with van der Waals surface area (Å²) >= 11 is 0. The Bertz CT molecular complexity index is 1160. The Hall–Kier alpha value is -3.21. The number of carbonyl (C=O) groups excluding carboxylic acids is 1. The lowest BCUT2D eigenvalue weighted by Gasteiger charge is -2.23. The molecule has 0 spiro atoms. The van der Waals surface area contributed by atoms with E-state index in [2.05, 4.69) is 99.3 Å². The number of hydrogen-bond acceptors (Lipinski definition) is 4. The zero-order valence-corrected chi connectivity index (χ0v) is 22.1. The molecule has 0 fully saturated rings. The quantitative estimate of drug-likeness (QED) is 0.254. The van der Waals surface area contributed by atoms with Crippen molar-refractivity contribution in [3.05, 3.63) is 95.1 Å². The Morgan fingerprint density at radius 2 is 1.54 bits per heavy atom. The van der Waals surface area contributed by atoms with Gasteiger partial charge < -0.3 is 14.7 Å². The van der Waals surface area contributed by atoms with E-state index in [4.69, 9.17) is 0 Å². The molecular formula is C31H39N3O. The van der Waals surface area contributed by atoms with Gasteiger partial charge in [-0.3, -0.25) is 4.79 Å². The molecule has 0 aliphatic heterocycles. The second-order valence-electron chi connectivity index (χ2n) is 9.76. The summed E-state index contributed by atoms with van der Waals surface area (Å²) in [7, 11) is 10.4. The monoisotopic (exact) mass is 469 g/mol. The van der Waals surface area contributed by atoms with Crippen LogP contribution in [0.25, 0.3) is 17.2 Å². The number of carbonyl (C=O) groups is 1. The molecule has 35 heavy (non-hydrogen) atoms. The van der Waals surface area contributed by atoms with Crippen LogP contribution in [0.5, 0.6) is 0 Å². The van der Waals surface area contributed by atoms with Gasteiger partial charge in [-0.1, -0.05) is 60.7 Å². The Labute approximate surface area is 211 Å². The smallest absolute Gasteiger partial charge is 0.187 e. The minimum Gasteiger partial charge on any atom is -0.374 e. The predicted octanol–water partition coefficient (Wildman–Crippen LogP) is 6.01. The van der Waals surface area contributed by atoms with Crippen molar-refractivity contribution in [3.63, 3.8) is 0 Å². The van der Waals surface area contributed by atoms with Gasteiger partial charge in [-0.05, 0) is 94.1 Å². The van der Waals surface area contributed by atoms with Crippen molar-refractivity contribution < 1.29 is 4.79 Å². The van der Waals surface area contributed by atoms with Gasteiger partial charge in [-0.2, -0.15) is 0 Å². The summed E-state index contributed by atoms with van der Waals surface area (Å²) in [6, 6.07) is 22.9. The maximum atomic E-state index is 13.6. The van der Waals surface area contributed by atoms with Crippen LogP contribution in [0.3, 0.4) is 0 Å². The van der Waals surface area contributed by atoms with Crippen LogP contribution in [0.15, 0.2) is 72.8 Å². The van der Waals surface area contributed by atoms with Crippen LogP contribution in [-0.4, -0.2) is 63.9 Å². The van der Waals surface area contributed by atoms with E-state index in [1.54, 1.807) is 6.08 Å². The summed E-state index contributed by atoms with van der Waals surface area (Å²) in [6.07, 6.45) is 4.71. The fourth-order valence-corrected chi connectivity index (χ4v) is 4.31. The first-order chi connectivity index (χ1) is 16.8. The molecule has 0 heterocycles. The van der Waals surface area contributed by atoms with Gasteiger partial charge in [-0.15, -0.1) is 0 Å². The first-order valence-corrected chi connectivity index (χ1v) is 12.3. The minimum atomic E-state index is 0.0227. The molecule has 4 heteroatoms. The van der Waals surface area contributed by atoms with Crippen molar-refractivity contribution in [2.45, 2.75) is 19.9 Å². The molecule has 184 valence electrons. The lowest BCUT2D eigenvalue weighted by atomic mass is 9.96. The molecule has 0 atom stereocenters. The molecule has 0 saturated heterocycles. The van der Waals surface area contributed by atoms with Gasteiger partial charge in [0.15, 0.2) is 5.78 Å². The highest BCUT2D eigenvalue weighted by Crippen LogP contribution is 2.30. The van der Waals surface area contributed by atoms with Crippen LogP contribution in [0.4, 0.5) is 5.69 Å². The molecule has 0 bridgehead atoms. The van der Waals surface area contributed by atoms with Crippen molar-refractivity contribution in [3.8, 4) is 11.1 Å². The summed E-state index contributed by atoms with van der Waals surface area (Å²) in [4.78, 5) is 20.1. The molecule has 0 saturated carbocycles. The van der Waals surface area contributed by atoms with E-state index in [0.29, 0.717) is 0 Å². The summed E-state index contributed by atoms with van der Waals surface area (Å²) in [5.74, 6) is 0.0227. The third-order valence-electron chi connectivity index (χ3n) is 6.18. The standard InChI is InChI=1S/C31H39N3O/c1-24-12-7-10-15-28(24)26-16-18-30(34(6)21-11-20-32(2)3)29(22-26)31(35)19-17-25-13-8-9-14-27(25)23-33(4)5/h7-10,12-19,22H,11,20-21,23H2,1-6H3. The van der Waals surface area contributed by atoms with Gasteiger partial charge in [0, 0.05) is 31.4 Å². The van der Waals surface area contributed by atoms with Crippen LogP contribution in [0, 0.1) is 6.92 Å². The van der Waals surface area contributed by atoms with Crippen molar-refractivity contribution in [2.75, 3.05) is 53.2 Å². The fourth-order valence-electron chi connectivity index (χ4n) is 4.31. The van der Waals surface area contributed by atoms with Gasteiger partial charge in [0.2, 0.25) is 0 Å². The second kappa shape index (κ2) is 12.5. The number of ketones is 1. The largest absolute Gasteiger partial charge is 0.374 e. The van der Waals surface area contributed by atoms with Gasteiger partial charge >= 0.3 is 0 Å². The highest BCUT2D eigenvalue weighted by Gasteiger charge is 2.15. The van der Waals surface area contributed by atoms with Crippen LogP contribution >= 0.6 is 0 Å². The van der Waals surface area contributed by atoms with Crippen LogP contribution in [0.1, 0.15) is 33.5 Å². The van der Waals surface area contributed by atoms with Crippen molar-refractivity contribution in [1.82, 2.24) is 9.80 Å². The van der Waals surface area contributed by atoms with Crippen LogP contribution in [-0.2, 0) is 6.54 Å². The first kappa shape index (κ1) is 26.4. The summed E-state index contributed by atoms with van der Waals surface area (Å²) < 4.78 is 0. The average Bonchev–Trinajstić information content (AvgIpc) is 2.82. The Balaban J connectivity index is 1.96. The molecule has 0 unspecified atom stereocenters. The normalized spacial score (nSPS) is 11.5. The molecule has 3 aromatic rings. The molecule has 0 N–H and O–H groups in total. The summed E-state index contributed by atoms with van der Waals surface area (Å²) in [5, 5.41) is 0. The summed E-state index contributed by atoms with van der Waals surface area (Å²) in [6.45, 7) is 4.84. The minimum absolute atomic E-state index is 0.0227. The third kappa shape index (κ3) is 7.38. The topological polar surface area (TPSA) is 26.8 Å².